The third-order valence-corrected chi connectivity index (χ3v) is 6.90. The van der Waals surface area contributed by atoms with Gasteiger partial charge in [0.15, 0.2) is 9.84 Å². The molecule has 30 heavy (non-hydrogen) atoms. The molecule has 0 radical (unpaired) electrons. The maximum absolute atomic E-state index is 12.7. The summed E-state index contributed by atoms with van der Waals surface area (Å²) in [7, 11) is -2.04. The summed E-state index contributed by atoms with van der Waals surface area (Å²) < 4.78 is 30.6. The van der Waals surface area contributed by atoms with E-state index in [-0.39, 0.29) is 34.9 Å². The first-order chi connectivity index (χ1) is 14.2. The number of sulfone groups is 1. The van der Waals surface area contributed by atoms with Crippen LogP contribution in [0.25, 0.3) is 0 Å². The number of carbonyl (C=O) groups excluding carboxylic acids is 2. The predicted octanol–water partition coefficient (Wildman–Crippen LogP) is 2.47. The van der Waals surface area contributed by atoms with Gasteiger partial charge in [0.05, 0.1) is 17.8 Å². The fourth-order valence-corrected chi connectivity index (χ4v) is 4.98. The molecule has 2 aromatic rings. The Morgan fingerprint density at radius 2 is 1.97 bits per heavy atom. The van der Waals surface area contributed by atoms with E-state index in [0.717, 1.165) is 16.8 Å². The molecular formula is C22H26N2O5S. The number of amides is 2. The zero-order chi connectivity index (χ0) is 21.9. The Hall–Kier alpha value is -2.87. The first kappa shape index (κ1) is 21.8. The summed E-state index contributed by atoms with van der Waals surface area (Å²) >= 11 is 0. The number of methoxy groups -OCH3 is 1. The van der Waals surface area contributed by atoms with Crippen molar-refractivity contribution in [1.82, 2.24) is 5.32 Å². The van der Waals surface area contributed by atoms with E-state index in [1.54, 1.807) is 24.1 Å². The zero-order valence-electron chi connectivity index (χ0n) is 17.3. The van der Waals surface area contributed by atoms with E-state index in [0.29, 0.717) is 18.7 Å². The quantitative estimate of drug-likeness (QED) is 0.729. The van der Waals surface area contributed by atoms with Crippen molar-refractivity contribution in [2.75, 3.05) is 17.8 Å². The molecule has 1 atom stereocenters. The molecule has 1 N–H and O–H groups in total. The number of hydrogen-bond donors (Lipinski definition) is 1. The molecule has 0 saturated carbocycles. The van der Waals surface area contributed by atoms with E-state index in [9.17, 15) is 18.0 Å². The summed E-state index contributed by atoms with van der Waals surface area (Å²) in [4.78, 5) is 25.8. The molecule has 0 unspecified atom stereocenters. The Kier molecular flexibility index (Phi) is 6.45. The lowest BCUT2D eigenvalue weighted by atomic mass is 10.1. The van der Waals surface area contributed by atoms with Crippen LogP contribution >= 0.6 is 0 Å². The summed E-state index contributed by atoms with van der Waals surface area (Å²) in [6.45, 7) is 3.73. The van der Waals surface area contributed by atoms with Gasteiger partial charge in [-0.3, -0.25) is 9.59 Å². The summed E-state index contributed by atoms with van der Waals surface area (Å²) in [5.41, 5.74) is 2.46. The van der Waals surface area contributed by atoms with E-state index in [2.05, 4.69) is 5.32 Å². The SMILES string of the molecule is COc1cccc(CNC(=O)CCS(=O)(=O)c2ccc3c(c2)C[C@H](C)N3C(C)=O)c1. The van der Waals surface area contributed by atoms with Crippen LogP contribution in [0.2, 0.25) is 0 Å². The van der Waals surface area contributed by atoms with Crippen molar-refractivity contribution in [2.45, 2.75) is 44.2 Å². The highest BCUT2D eigenvalue weighted by Gasteiger charge is 2.30. The van der Waals surface area contributed by atoms with Crippen molar-refractivity contribution in [3.05, 3.63) is 53.6 Å². The first-order valence-electron chi connectivity index (χ1n) is 9.76. The highest BCUT2D eigenvalue weighted by Crippen LogP contribution is 2.34. The van der Waals surface area contributed by atoms with Crippen molar-refractivity contribution < 1.29 is 22.7 Å². The van der Waals surface area contributed by atoms with E-state index in [4.69, 9.17) is 4.74 Å². The Morgan fingerprint density at radius 1 is 1.20 bits per heavy atom. The molecule has 1 aliphatic heterocycles. The number of ether oxygens (including phenoxy) is 1. The van der Waals surface area contributed by atoms with Crippen molar-refractivity contribution in [3.63, 3.8) is 0 Å². The molecule has 0 fully saturated rings. The lowest BCUT2D eigenvalue weighted by molar-refractivity contribution is -0.121. The van der Waals surface area contributed by atoms with Crippen molar-refractivity contribution in [3.8, 4) is 5.75 Å². The second-order valence-electron chi connectivity index (χ2n) is 7.43. The third-order valence-electron chi connectivity index (χ3n) is 5.19. The molecule has 0 saturated heterocycles. The van der Waals surface area contributed by atoms with Crippen molar-refractivity contribution in [2.24, 2.45) is 0 Å². The monoisotopic (exact) mass is 430 g/mol. The summed E-state index contributed by atoms with van der Waals surface area (Å²) in [6, 6.07) is 12.1. The normalized spacial score (nSPS) is 15.6. The number of hydrogen-bond acceptors (Lipinski definition) is 5. The number of benzene rings is 2. The van der Waals surface area contributed by atoms with E-state index in [1.807, 2.05) is 31.2 Å². The molecule has 160 valence electrons. The topological polar surface area (TPSA) is 92.8 Å². The smallest absolute Gasteiger partial charge is 0.224 e. The average Bonchev–Trinajstić information content (AvgIpc) is 3.06. The zero-order valence-corrected chi connectivity index (χ0v) is 18.2. The van der Waals surface area contributed by atoms with Crippen molar-refractivity contribution >= 4 is 27.3 Å². The second-order valence-corrected chi connectivity index (χ2v) is 9.54. The van der Waals surface area contributed by atoms with Crippen LogP contribution in [0.15, 0.2) is 47.4 Å². The van der Waals surface area contributed by atoms with Gasteiger partial charge in [0, 0.05) is 31.6 Å². The van der Waals surface area contributed by atoms with Gasteiger partial charge in [-0.2, -0.15) is 0 Å². The highest BCUT2D eigenvalue weighted by atomic mass is 32.2. The molecule has 0 aliphatic carbocycles. The number of anilines is 1. The Balaban J connectivity index is 1.61. The molecule has 7 nitrogen and oxygen atoms in total. The predicted molar refractivity (Wildman–Crippen MR) is 114 cm³/mol. The second kappa shape index (κ2) is 8.87. The fraction of sp³-hybridized carbons (Fsp3) is 0.364. The lowest BCUT2D eigenvalue weighted by Gasteiger charge is -2.20. The van der Waals surface area contributed by atoms with Gasteiger partial charge in [-0.15, -0.1) is 0 Å². The number of nitrogens with zero attached hydrogens (tertiary/aromatic N) is 1. The van der Waals surface area contributed by atoms with Crippen LogP contribution < -0.4 is 15.0 Å². The van der Waals surface area contributed by atoms with Crippen molar-refractivity contribution in [1.29, 1.82) is 0 Å². The molecule has 3 rings (SSSR count). The minimum atomic E-state index is -3.61. The van der Waals surface area contributed by atoms with Crippen LogP contribution in [0.4, 0.5) is 5.69 Å². The summed E-state index contributed by atoms with van der Waals surface area (Å²) in [5, 5.41) is 2.74. The maximum atomic E-state index is 12.7. The minimum Gasteiger partial charge on any atom is -0.497 e. The van der Waals surface area contributed by atoms with Gasteiger partial charge in [0.25, 0.3) is 0 Å². The van der Waals surface area contributed by atoms with Gasteiger partial charge in [0.1, 0.15) is 5.75 Å². The van der Waals surface area contributed by atoms with Gasteiger partial charge in [-0.25, -0.2) is 8.42 Å². The van der Waals surface area contributed by atoms with Gasteiger partial charge in [-0.05, 0) is 54.8 Å². The minimum absolute atomic E-state index is 0.00200. The van der Waals surface area contributed by atoms with E-state index >= 15 is 0 Å². The number of fused-ring (bicyclic) bond motifs is 1. The van der Waals surface area contributed by atoms with Crippen LogP contribution in [0.1, 0.15) is 31.4 Å². The summed E-state index contributed by atoms with van der Waals surface area (Å²) in [5.74, 6) is 0.0175. The van der Waals surface area contributed by atoms with Gasteiger partial charge in [0.2, 0.25) is 11.8 Å². The standard InChI is InChI=1S/C22H26N2O5S/c1-15-11-18-13-20(7-8-21(18)24(15)16(2)25)30(27,28)10-9-22(26)23-14-17-5-4-6-19(12-17)29-3/h4-8,12-13,15H,9-11,14H2,1-3H3,(H,23,26)/t15-/m0/s1. The molecule has 2 amide bonds. The van der Waals surface area contributed by atoms with Gasteiger partial charge >= 0.3 is 0 Å². The maximum Gasteiger partial charge on any atom is 0.224 e. The summed E-state index contributed by atoms with van der Waals surface area (Å²) in [6.07, 6.45) is 0.485. The van der Waals surface area contributed by atoms with Crippen LogP contribution in [-0.4, -0.2) is 39.1 Å². The number of rotatable bonds is 7. The van der Waals surface area contributed by atoms with Crippen LogP contribution in [-0.2, 0) is 32.4 Å². The Labute approximate surface area is 177 Å². The molecule has 0 bridgehead atoms. The third kappa shape index (κ3) is 4.81. The number of nitrogens with one attached hydrogen (secondary N) is 1. The van der Waals surface area contributed by atoms with Crippen LogP contribution in [0.3, 0.4) is 0 Å². The molecule has 0 aromatic heterocycles. The Morgan fingerprint density at radius 3 is 2.67 bits per heavy atom. The first-order valence-corrected chi connectivity index (χ1v) is 11.4. The Bertz CT molecular complexity index is 1060. The average molecular weight is 431 g/mol. The molecule has 1 aliphatic rings. The number of carbonyl (C=O) groups is 2. The molecular weight excluding hydrogens is 404 g/mol. The van der Waals surface area contributed by atoms with E-state index < -0.39 is 9.84 Å². The largest absolute Gasteiger partial charge is 0.497 e. The highest BCUT2D eigenvalue weighted by molar-refractivity contribution is 7.91. The van der Waals surface area contributed by atoms with Gasteiger partial charge in [-0.1, -0.05) is 12.1 Å². The fourth-order valence-electron chi connectivity index (χ4n) is 3.70. The molecule has 8 heteroatoms. The molecule has 1 heterocycles. The van der Waals surface area contributed by atoms with Crippen LogP contribution in [0, 0.1) is 0 Å². The van der Waals surface area contributed by atoms with E-state index in [1.165, 1.54) is 13.0 Å². The van der Waals surface area contributed by atoms with Crippen LogP contribution in [0.5, 0.6) is 5.75 Å². The molecule has 2 aromatic carbocycles. The lowest BCUT2D eigenvalue weighted by Crippen LogP contribution is -2.33. The molecule has 0 spiro atoms. The van der Waals surface area contributed by atoms with Gasteiger partial charge < -0.3 is 15.0 Å².